The molecule has 1 fully saturated rings. The SMILES string of the molecule is CCCNC1CCC(Cc2cccc(F)c2Br)C1. The third-order valence-electron chi connectivity index (χ3n) is 3.76. The van der Waals surface area contributed by atoms with Crippen LogP contribution in [0.4, 0.5) is 4.39 Å². The highest BCUT2D eigenvalue weighted by Gasteiger charge is 2.24. The summed E-state index contributed by atoms with van der Waals surface area (Å²) in [4.78, 5) is 0. The fourth-order valence-electron chi connectivity index (χ4n) is 2.81. The lowest BCUT2D eigenvalue weighted by atomic mass is 9.98. The van der Waals surface area contributed by atoms with E-state index in [2.05, 4.69) is 28.2 Å². The van der Waals surface area contributed by atoms with Gasteiger partial charge >= 0.3 is 0 Å². The van der Waals surface area contributed by atoms with E-state index in [1.807, 2.05) is 6.07 Å². The van der Waals surface area contributed by atoms with Crippen molar-refractivity contribution < 1.29 is 4.39 Å². The molecule has 0 amide bonds. The van der Waals surface area contributed by atoms with Crippen LogP contribution in [-0.2, 0) is 6.42 Å². The van der Waals surface area contributed by atoms with Crippen LogP contribution < -0.4 is 5.32 Å². The fraction of sp³-hybridized carbons (Fsp3) is 0.600. The predicted octanol–water partition coefficient (Wildman–Crippen LogP) is 4.30. The van der Waals surface area contributed by atoms with Gasteiger partial charge in [0.15, 0.2) is 0 Å². The smallest absolute Gasteiger partial charge is 0.137 e. The molecule has 1 nitrogen and oxygen atoms in total. The number of benzene rings is 1. The Morgan fingerprint density at radius 3 is 3.00 bits per heavy atom. The lowest BCUT2D eigenvalue weighted by Gasteiger charge is -2.13. The van der Waals surface area contributed by atoms with Crippen LogP contribution in [0.5, 0.6) is 0 Å². The van der Waals surface area contributed by atoms with Crippen molar-refractivity contribution in [1.82, 2.24) is 5.32 Å². The van der Waals surface area contributed by atoms with Gasteiger partial charge in [-0.3, -0.25) is 0 Å². The zero-order valence-corrected chi connectivity index (χ0v) is 12.5. The average Bonchev–Trinajstić information content (AvgIpc) is 2.80. The van der Waals surface area contributed by atoms with E-state index in [0.29, 0.717) is 16.4 Å². The van der Waals surface area contributed by atoms with Gasteiger partial charge in [-0.15, -0.1) is 0 Å². The summed E-state index contributed by atoms with van der Waals surface area (Å²) in [5.41, 5.74) is 1.11. The summed E-state index contributed by atoms with van der Waals surface area (Å²) >= 11 is 3.35. The summed E-state index contributed by atoms with van der Waals surface area (Å²) in [6, 6.07) is 6.01. The third kappa shape index (κ3) is 3.55. The van der Waals surface area contributed by atoms with Crippen LogP contribution in [0.1, 0.15) is 38.2 Å². The van der Waals surface area contributed by atoms with Crippen LogP contribution in [0.15, 0.2) is 22.7 Å². The van der Waals surface area contributed by atoms with Crippen molar-refractivity contribution >= 4 is 15.9 Å². The minimum atomic E-state index is -0.147. The van der Waals surface area contributed by atoms with E-state index in [0.717, 1.165) is 18.5 Å². The van der Waals surface area contributed by atoms with Crippen molar-refractivity contribution in [3.05, 3.63) is 34.1 Å². The van der Waals surface area contributed by atoms with E-state index in [-0.39, 0.29) is 5.82 Å². The molecule has 1 aromatic rings. The molecule has 18 heavy (non-hydrogen) atoms. The van der Waals surface area contributed by atoms with E-state index in [1.165, 1.54) is 31.7 Å². The highest BCUT2D eigenvalue weighted by Crippen LogP contribution is 2.31. The van der Waals surface area contributed by atoms with Crippen molar-refractivity contribution in [3.63, 3.8) is 0 Å². The van der Waals surface area contributed by atoms with Crippen molar-refractivity contribution in [2.75, 3.05) is 6.54 Å². The maximum absolute atomic E-state index is 13.4. The second kappa shape index (κ2) is 6.67. The van der Waals surface area contributed by atoms with E-state index in [1.54, 1.807) is 6.07 Å². The van der Waals surface area contributed by atoms with Gasteiger partial charge in [0.25, 0.3) is 0 Å². The lowest BCUT2D eigenvalue weighted by molar-refractivity contribution is 0.482. The Labute approximate surface area is 117 Å². The first kappa shape index (κ1) is 14.0. The Balaban J connectivity index is 1.89. The van der Waals surface area contributed by atoms with Gasteiger partial charge in [0.1, 0.15) is 5.82 Å². The number of rotatable bonds is 5. The molecule has 1 N–H and O–H groups in total. The van der Waals surface area contributed by atoms with Crippen LogP contribution >= 0.6 is 15.9 Å². The Bertz CT molecular complexity index is 394. The standard InChI is InChI=1S/C15H21BrFN/c1-2-8-18-13-7-6-11(10-13)9-12-4-3-5-14(17)15(12)16/h3-5,11,13,18H,2,6-10H2,1H3. The molecule has 0 bridgehead atoms. The Morgan fingerprint density at radius 1 is 1.39 bits per heavy atom. The summed E-state index contributed by atoms with van der Waals surface area (Å²) in [6.45, 7) is 3.31. The molecule has 1 aliphatic carbocycles. The molecule has 1 aromatic carbocycles. The highest BCUT2D eigenvalue weighted by atomic mass is 79.9. The summed E-state index contributed by atoms with van der Waals surface area (Å²) in [7, 11) is 0. The molecule has 0 aromatic heterocycles. The first-order valence-electron chi connectivity index (χ1n) is 6.87. The minimum absolute atomic E-state index is 0.147. The van der Waals surface area contributed by atoms with Gasteiger partial charge in [0.2, 0.25) is 0 Å². The molecule has 100 valence electrons. The molecule has 2 rings (SSSR count). The Hall–Kier alpha value is -0.410. The summed E-state index contributed by atoms with van der Waals surface area (Å²) in [5, 5.41) is 3.59. The van der Waals surface area contributed by atoms with Crippen LogP contribution in [0.25, 0.3) is 0 Å². The largest absolute Gasteiger partial charge is 0.314 e. The molecule has 0 spiro atoms. The quantitative estimate of drug-likeness (QED) is 0.854. The predicted molar refractivity (Wildman–Crippen MR) is 77.2 cm³/mol. The molecule has 1 saturated carbocycles. The molecule has 2 unspecified atom stereocenters. The second-order valence-corrected chi connectivity index (χ2v) is 6.04. The molecule has 0 heterocycles. The fourth-order valence-corrected chi connectivity index (χ4v) is 3.24. The molecular weight excluding hydrogens is 293 g/mol. The van der Waals surface area contributed by atoms with Gasteiger partial charge in [0.05, 0.1) is 4.47 Å². The van der Waals surface area contributed by atoms with Crippen molar-refractivity contribution in [2.45, 2.75) is 45.1 Å². The highest BCUT2D eigenvalue weighted by molar-refractivity contribution is 9.10. The minimum Gasteiger partial charge on any atom is -0.314 e. The van der Waals surface area contributed by atoms with Gasteiger partial charge in [0, 0.05) is 6.04 Å². The van der Waals surface area contributed by atoms with Gasteiger partial charge in [-0.1, -0.05) is 19.1 Å². The van der Waals surface area contributed by atoms with Crippen molar-refractivity contribution in [3.8, 4) is 0 Å². The third-order valence-corrected chi connectivity index (χ3v) is 4.65. The van der Waals surface area contributed by atoms with Crippen LogP contribution in [0.3, 0.4) is 0 Å². The molecule has 1 aliphatic rings. The van der Waals surface area contributed by atoms with E-state index in [4.69, 9.17) is 0 Å². The number of nitrogens with one attached hydrogen (secondary N) is 1. The number of halogens is 2. The van der Waals surface area contributed by atoms with Gasteiger partial charge < -0.3 is 5.32 Å². The Kier molecular flexibility index (Phi) is 5.19. The maximum atomic E-state index is 13.4. The first-order valence-corrected chi connectivity index (χ1v) is 7.66. The normalized spacial score (nSPS) is 23.5. The van der Waals surface area contributed by atoms with E-state index >= 15 is 0 Å². The number of hydrogen-bond acceptors (Lipinski definition) is 1. The zero-order chi connectivity index (χ0) is 13.0. The maximum Gasteiger partial charge on any atom is 0.137 e. The molecule has 0 radical (unpaired) electrons. The Morgan fingerprint density at radius 2 is 2.22 bits per heavy atom. The van der Waals surface area contributed by atoms with E-state index < -0.39 is 0 Å². The molecule has 2 atom stereocenters. The number of hydrogen-bond donors (Lipinski definition) is 1. The van der Waals surface area contributed by atoms with Crippen LogP contribution in [-0.4, -0.2) is 12.6 Å². The summed E-state index contributed by atoms with van der Waals surface area (Å²) in [5.74, 6) is 0.545. The first-order chi connectivity index (χ1) is 8.70. The lowest BCUT2D eigenvalue weighted by Crippen LogP contribution is -2.27. The van der Waals surface area contributed by atoms with Gasteiger partial charge in [-0.25, -0.2) is 4.39 Å². The van der Waals surface area contributed by atoms with Crippen LogP contribution in [0, 0.1) is 11.7 Å². The van der Waals surface area contributed by atoms with E-state index in [9.17, 15) is 4.39 Å². The summed E-state index contributed by atoms with van der Waals surface area (Å²) in [6.07, 6.45) is 5.92. The average molecular weight is 314 g/mol. The second-order valence-electron chi connectivity index (χ2n) is 5.25. The zero-order valence-electron chi connectivity index (χ0n) is 10.9. The molecule has 0 aliphatic heterocycles. The van der Waals surface area contributed by atoms with Crippen LogP contribution in [0.2, 0.25) is 0 Å². The molecule has 0 saturated heterocycles. The topological polar surface area (TPSA) is 12.0 Å². The van der Waals surface area contributed by atoms with Gasteiger partial charge in [-0.2, -0.15) is 0 Å². The van der Waals surface area contributed by atoms with Crippen molar-refractivity contribution in [2.24, 2.45) is 5.92 Å². The molecule has 3 heteroatoms. The monoisotopic (exact) mass is 313 g/mol. The van der Waals surface area contributed by atoms with Crippen molar-refractivity contribution in [1.29, 1.82) is 0 Å². The molecular formula is C15H21BrFN. The summed E-state index contributed by atoms with van der Waals surface area (Å²) < 4.78 is 14.1. The van der Waals surface area contributed by atoms with Gasteiger partial charge in [-0.05, 0) is 72.1 Å².